The number of piperidine rings is 1. The van der Waals surface area contributed by atoms with E-state index in [0.717, 1.165) is 24.0 Å². The third kappa shape index (κ3) is 5.31. The maximum absolute atomic E-state index is 13.0. The number of nitrogens with one attached hydrogen (secondary N) is 2. The predicted octanol–water partition coefficient (Wildman–Crippen LogP) is 3.77. The number of benzene rings is 2. The van der Waals surface area contributed by atoms with Gasteiger partial charge >= 0.3 is 0 Å². The predicted molar refractivity (Wildman–Crippen MR) is 131 cm³/mol. The van der Waals surface area contributed by atoms with Gasteiger partial charge in [-0.25, -0.2) is 8.42 Å². The zero-order valence-corrected chi connectivity index (χ0v) is 20.5. The average molecular weight is 470 g/mol. The Morgan fingerprint density at radius 2 is 1.70 bits per heavy atom. The highest BCUT2D eigenvalue weighted by Gasteiger charge is 2.48. The number of amides is 1. The number of hydrogen-bond donors (Lipinski definition) is 2. The molecule has 2 aromatic carbocycles. The Labute approximate surface area is 197 Å². The average Bonchev–Trinajstić information content (AvgIpc) is 3.06. The van der Waals surface area contributed by atoms with Crippen LogP contribution in [0.25, 0.3) is 0 Å². The summed E-state index contributed by atoms with van der Waals surface area (Å²) >= 11 is 0. The van der Waals surface area contributed by atoms with Crippen LogP contribution in [0.15, 0.2) is 54.6 Å². The molecule has 2 heterocycles. The second-order valence-electron chi connectivity index (χ2n) is 9.72. The summed E-state index contributed by atoms with van der Waals surface area (Å²) in [5.41, 5.74) is 3.14. The molecule has 0 aromatic heterocycles. The molecule has 6 nitrogen and oxygen atoms in total. The molecule has 2 aliphatic rings. The van der Waals surface area contributed by atoms with E-state index in [-0.39, 0.29) is 23.9 Å². The third-order valence-corrected chi connectivity index (χ3v) is 9.07. The van der Waals surface area contributed by atoms with Crippen molar-refractivity contribution in [2.45, 2.75) is 57.5 Å². The topological polar surface area (TPSA) is 78.5 Å². The summed E-state index contributed by atoms with van der Waals surface area (Å²) in [7, 11) is -3.46. The van der Waals surface area contributed by atoms with Crippen molar-refractivity contribution in [1.82, 2.24) is 14.9 Å². The molecule has 33 heavy (non-hydrogen) atoms. The summed E-state index contributed by atoms with van der Waals surface area (Å²) in [6.45, 7) is 8.23. The molecule has 0 spiro atoms. The van der Waals surface area contributed by atoms with Crippen LogP contribution < -0.4 is 10.0 Å². The van der Waals surface area contributed by atoms with E-state index in [9.17, 15) is 13.2 Å². The van der Waals surface area contributed by atoms with Crippen LogP contribution in [0.5, 0.6) is 0 Å². The first kappa shape index (κ1) is 23.9. The molecule has 2 fully saturated rings. The molecule has 3 atom stereocenters. The number of rotatable bonds is 6. The van der Waals surface area contributed by atoms with E-state index < -0.39 is 15.3 Å². The van der Waals surface area contributed by atoms with Gasteiger partial charge in [0.15, 0.2) is 0 Å². The van der Waals surface area contributed by atoms with Gasteiger partial charge in [-0.3, -0.25) is 9.69 Å². The van der Waals surface area contributed by atoms with Crippen LogP contribution in [0, 0.1) is 11.8 Å². The summed E-state index contributed by atoms with van der Waals surface area (Å²) in [5, 5.41) is 2.49. The van der Waals surface area contributed by atoms with E-state index in [4.69, 9.17) is 0 Å². The van der Waals surface area contributed by atoms with Crippen molar-refractivity contribution >= 4 is 15.9 Å². The van der Waals surface area contributed by atoms with Crippen LogP contribution >= 0.6 is 0 Å². The smallest absolute Gasteiger partial charge is 0.223 e. The van der Waals surface area contributed by atoms with E-state index in [0.29, 0.717) is 25.6 Å². The van der Waals surface area contributed by atoms with Gasteiger partial charge in [0, 0.05) is 31.5 Å². The van der Waals surface area contributed by atoms with Crippen LogP contribution in [0.2, 0.25) is 0 Å². The molecule has 0 aliphatic carbocycles. The highest BCUT2D eigenvalue weighted by Crippen LogP contribution is 2.40. The summed E-state index contributed by atoms with van der Waals surface area (Å²) < 4.78 is 29.0. The van der Waals surface area contributed by atoms with E-state index in [1.165, 1.54) is 5.56 Å². The lowest BCUT2D eigenvalue weighted by molar-refractivity contribution is -0.126. The number of likely N-dealkylation sites (tertiary alicyclic amines) is 1. The van der Waals surface area contributed by atoms with Gasteiger partial charge in [-0.15, -0.1) is 0 Å². The summed E-state index contributed by atoms with van der Waals surface area (Å²) in [6, 6.07) is 17.9. The van der Waals surface area contributed by atoms with Crippen molar-refractivity contribution in [2.75, 3.05) is 13.1 Å². The van der Waals surface area contributed by atoms with Gasteiger partial charge < -0.3 is 5.32 Å². The minimum Gasteiger partial charge on any atom is -0.352 e. The zero-order valence-electron chi connectivity index (χ0n) is 19.7. The quantitative estimate of drug-likeness (QED) is 0.675. The molecular formula is C26H35N3O3S. The Bertz CT molecular complexity index is 1050. The second kappa shape index (κ2) is 9.95. The molecule has 2 N–H and O–H groups in total. The first-order valence-corrected chi connectivity index (χ1v) is 13.5. The second-order valence-corrected chi connectivity index (χ2v) is 11.6. The van der Waals surface area contributed by atoms with Crippen molar-refractivity contribution in [3.8, 4) is 0 Å². The fourth-order valence-electron chi connectivity index (χ4n) is 5.13. The Morgan fingerprint density at radius 3 is 2.30 bits per heavy atom. The van der Waals surface area contributed by atoms with Gasteiger partial charge in [0.05, 0.1) is 6.17 Å². The SMILES string of the molecule is CC(C)c1ccc(C2C(C)C(N3CCC(C(=O)NCc4ccccc4)CC3)NS2(=O)=O)cc1. The van der Waals surface area contributed by atoms with E-state index in [1.807, 2.05) is 61.5 Å². The molecule has 7 heteroatoms. The van der Waals surface area contributed by atoms with E-state index >= 15 is 0 Å². The Kier molecular flexibility index (Phi) is 7.22. The Hall–Kier alpha value is -2.22. The van der Waals surface area contributed by atoms with Crippen molar-refractivity contribution in [3.63, 3.8) is 0 Å². The first-order chi connectivity index (χ1) is 15.8. The molecular weight excluding hydrogens is 434 g/mol. The van der Waals surface area contributed by atoms with Crippen LogP contribution in [-0.4, -0.2) is 38.5 Å². The van der Waals surface area contributed by atoms with E-state index in [1.54, 1.807) is 0 Å². The molecule has 178 valence electrons. The van der Waals surface area contributed by atoms with Gasteiger partial charge in [0.1, 0.15) is 5.25 Å². The molecule has 0 bridgehead atoms. The fourth-order valence-corrected chi connectivity index (χ4v) is 7.20. The lowest BCUT2D eigenvalue weighted by Crippen LogP contribution is -2.50. The maximum Gasteiger partial charge on any atom is 0.223 e. The Morgan fingerprint density at radius 1 is 1.06 bits per heavy atom. The van der Waals surface area contributed by atoms with Crippen LogP contribution in [0.3, 0.4) is 0 Å². The van der Waals surface area contributed by atoms with Crippen LogP contribution in [-0.2, 0) is 21.4 Å². The number of carbonyl (C=O) groups is 1. The highest BCUT2D eigenvalue weighted by molar-refractivity contribution is 7.90. The standard InChI is InChI=1S/C26H35N3O3S/c1-18(2)21-9-11-22(12-10-21)24-19(3)25(28-33(24,31)32)29-15-13-23(14-16-29)26(30)27-17-20-7-5-4-6-8-20/h4-12,18-19,23-25,28H,13-17H2,1-3H3,(H,27,30). The van der Waals surface area contributed by atoms with Crippen molar-refractivity contribution in [3.05, 3.63) is 71.3 Å². The van der Waals surface area contributed by atoms with Gasteiger partial charge in [-0.1, -0.05) is 75.4 Å². The number of sulfonamides is 1. The summed E-state index contributed by atoms with van der Waals surface area (Å²) in [4.78, 5) is 14.8. The lowest BCUT2D eigenvalue weighted by atomic mass is 9.91. The minimum atomic E-state index is -3.46. The first-order valence-electron chi connectivity index (χ1n) is 11.9. The van der Waals surface area contributed by atoms with Crippen molar-refractivity contribution in [2.24, 2.45) is 11.8 Å². The Balaban J connectivity index is 1.36. The molecule has 1 amide bonds. The van der Waals surface area contributed by atoms with Gasteiger partial charge in [-0.2, -0.15) is 4.72 Å². The van der Waals surface area contributed by atoms with Crippen molar-refractivity contribution in [1.29, 1.82) is 0 Å². The number of carbonyl (C=O) groups excluding carboxylic acids is 1. The van der Waals surface area contributed by atoms with E-state index in [2.05, 4.69) is 28.8 Å². The lowest BCUT2D eigenvalue weighted by Gasteiger charge is -2.36. The van der Waals surface area contributed by atoms with Gasteiger partial charge in [0.25, 0.3) is 0 Å². The summed E-state index contributed by atoms with van der Waals surface area (Å²) in [6.07, 6.45) is 1.23. The molecule has 2 aromatic rings. The van der Waals surface area contributed by atoms with Crippen LogP contribution in [0.1, 0.15) is 61.5 Å². The van der Waals surface area contributed by atoms with Gasteiger partial charge in [0.2, 0.25) is 15.9 Å². The summed E-state index contributed by atoms with van der Waals surface area (Å²) in [5.74, 6) is 0.386. The largest absolute Gasteiger partial charge is 0.352 e. The number of hydrogen-bond acceptors (Lipinski definition) is 4. The molecule has 2 aliphatic heterocycles. The van der Waals surface area contributed by atoms with Crippen LogP contribution in [0.4, 0.5) is 0 Å². The van der Waals surface area contributed by atoms with Crippen molar-refractivity contribution < 1.29 is 13.2 Å². The molecule has 2 saturated heterocycles. The van der Waals surface area contributed by atoms with Gasteiger partial charge in [-0.05, 0) is 35.4 Å². The molecule has 0 radical (unpaired) electrons. The normalized spacial score (nSPS) is 25.9. The molecule has 3 unspecified atom stereocenters. The molecule has 4 rings (SSSR count). The third-order valence-electron chi connectivity index (χ3n) is 7.13. The number of nitrogens with zero attached hydrogens (tertiary/aromatic N) is 1. The zero-order chi connectivity index (χ0) is 23.6. The monoisotopic (exact) mass is 469 g/mol. The fraction of sp³-hybridized carbons (Fsp3) is 0.500. The minimum absolute atomic E-state index is 0.0300. The molecule has 0 saturated carbocycles. The highest BCUT2D eigenvalue weighted by atomic mass is 32.2. The maximum atomic E-state index is 13.0.